The lowest BCUT2D eigenvalue weighted by Gasteiger charge is -1.81. The SMILES string of the molecule is Oc1cc2ccccc2s1.S. The molecule has 0 aliphatic rings. The lowest BCUT2D eigenvalue weighted by atomic mass is 10.3. The molecule has 0 aliphatic heterocycles. The van der Waals surface area contributed by atoms with Crippen LogP contribution in [0.5, 0.6) is 5.06 Å². The van der Waals surface area contributed by atoms with Crippen molar-refractivity contribution < 1.29 is 5.11 Å². The molecule has 0 amide bonds. The molecule has 1 aromatic heterocycles. The van der Waals surface area contributed by atoms with Gasteiger partial charge >= 0.3 is 0 Å². The smallest absolute Gasteiger partial charge is 0.172 e. The van der Waals surface area contributed by atoms with Crippen LogP contribution >= 0.6 is 24.8 Å². The molecule has 0 saturated heterocycles. The lowest BCUT2D eigenvalue weighted by Crippen LogP contribution is -1.56. The third-order valence-corrected chi connectivity index (χ3v) is 2.33. The number of rotatable bonds is 0. The van der Waals surface area contributed by atoms with Crippen molar-refractivity contribution in [1.29, 1.82) is 0 Å². The Kier molecular flexibility index (Phi) is 2.42. The van der Waals surface area contributed by atoms with Gasteiger partial charge in [-0.05, 0) is 17.5 Å². The number of hydrogen-bond acceptors (Lipinski definition) is 2. The average Bonchev–Trinajstić information content (AvgIpc) is 2.27. The Balaban J connectivity index is 0.000000605. The van der Waals surface area contributed by atoms with E-state index in [1.807, 2.05) is 24.3 Å². The number of aromatic hydroxyl groups is 1. The van der Waals surface area contributed by atoms with Crippen LogP contribution in [0.15, 0.2) is 30.3 Å². The normalized spacial score (nSPS) is 9.45. The summed E-state index contributed by atoms with van der Waals surface area (Å²) in [5, 5.41) is 10.6. The molecule has 11 heavy (non-hydrogen) atoms. The van der Waals surface area contributed by atoms with Crippen LogP contribution in [0.1, 0.15) is 0 Å². The molecule has 2 rings (SSSR count). The average molecular weight is 184 g/mol. The highest BCUT2D eigenvalue weighted by Crippen LogP contribution is 2.29. The minimum atomic E-state index is 0. The summed E-state index contributed by atoms with van der Waals surface area (Å²) >= 11 is 1.41. The van der Waals surface area contributed by atoms with E-state index in [0.717, 1.165) is 10.1 Å². The molecule has 1 aromatic carbocycles. The molecule has 0 atom stereocenters. The van der Waals surface area contributed by atoms with Crippen molar-refractivity contribution in [3.63, 3.8) is 0 Å². The lowest BCUT2D eigenvalue weighted by molar-refractivity contribution is 0.491. The molecule has 0 saturated carbocycles. The van der Waals surface area contributed by atoms with Gasteiger partial charge in [0.05, 0.1) is 0 Å². The van der Waals surface area contributed by atoms with Gasteiger partial charge in [0, 0.05) is 4.70 Å². The Hall–Kier alpha value is -0.670. The van der Waals surface area contributed by atoms with Gasteiger partial charge in [0.15, 0.2) is 5.06 Å². The van der Waals surface area contributed by atoms with E-state index < -0.39 is 0 Å². The minimum absolute atomic E-state index is 0. The van der Waals surface area contributed by atoms with Crippen LogP contribution in [-0.2, 0) is 0 Å². The zero-order valence-electron chi connectivity index (χ0n) is 5.74. The second-order valence-corrected chi connectivity index (χ2v) is 3.18. The van der Waals surface area contributed by atoms with Gasteiger partial charge in [-0.1, -0.05) is 29.5 Å². The fourth-order valence-electron chi connectivity index (χ4n) is 0.968. The summed E-state index contributed by atoms with van der Waals surface area (Å²) < 4.78 is 1.14. The molecule has 2 aromatic rings. The van der Waals surface area contributed by atoms with Crippen LogP contribution in [0.2, 0.25) is 0 Å². The molecule has 0 spiro atoms. The van der Waals surface area contributed by atoms with Crippen molar-refractivity contribution in [3.05, 3.63) is 30.3 Å². The summed E-state index contributed by atoms with van der Waals surface area (Å²) in [6.07, 6.45) is 0. The predicted molar refractivity (Wildman–Crippen MR) is 53.9 cm³/mol. The first-order chi connectivity index (χ1) is 4.86. The van der Waals surface area contributed by atoms with Crippen molar-refractivity contribution in [2.24, 2.45) is 0 Å². The highest BCUT2D eigenvalue weighted by atomic mass is 32.1. The van der Waals surface area contributed by atoms with Crippen LogP contribution in [0.3, 0.4) is 0 Å². The van der Waals surface area contributed by atoms with Gasteiger partial charge < -0.3 is 5.11 Å². The second kappa shape index (κ2) is 3.15. The second-order valence-electron chi connectivity index (χ2n) is 2.12. The van der Waals surface area contributed by atoms with Crippen molar-refractivity contribution in [3.8, 4) is 5.06 Å². The number of fused-ring (bicyclic) bond motifs is 1. The Labute approximate surface area is 75.7 Å². The van der Waals surface area contributed by atoms with E-state index in [-0.39, 0.29) is 13.5 Å². The van der Waals surface area contributed by atoms with E-state index in [1.54, 1.807) is 6.07 Å². The van der Waals surface area contributed by atoms with Crippen molar-refractivity contribution in [1.82, 2.24) is 0 Å². The summed E-state index contributed by atoms with van der Waals surface area (Å²) in [4.78, 5) is 0. The summed E-state index contributed by atoms with van der Waals surface area (Å²) in [6, 6.07) is 9.71. The zero-order valence-corrected chi connectivity index (χ0v) is 7.56. The van der Waals surface area contributed by atoms with Crippen LogP contribution < -0.4 is 0 Å². The highest BCUT2D eigenvalue weighted by molar-refractivity contribution is 7.59. The van der Waals surface area contributed by atoms with Crippen molar-refractivity contribution in [2.75, 3.05) is 0 Å². The van der Waals surface area contributed by atoms with Crippen LogP contribution in [0.4, 0.5) is 0 Å². The number of benzene rings is 1. The maximum absolute atomic E-state index is 9.07. The third kappa shape index (κ3) is 1.49. The Morgan fingerprint density at radius 1 is 1.18 bits per heavy atom. The van der Waals surface area contributed by atoms with E-state index in [0.29, 0.717) is 5.06 Å². The molecule has 58 valence electrons. The molecule has 3 heteroatoms. The maximum atomic E-state index is 9.07. The van der Waals surface area contributed by atoms with Gasteiger partial charge in [0.1, 0.15) is 0 Å². The molecule has 0 radical (unpaired) electrons. The quantitative estimate of drug-likeness (QED) is 0.667. The van der Waals surface area contributed by atoms with E-state index in [4.69, 9.17) is 5.11 Å². The summed E-state index contributed by atoms with van der Waals surface area (Å²) in [5.41, 5.74) is 0. The highest BCUT2D eigenvalue weighted by Gasteiger charge is 1.95. The number of hydrogen-bond donors (Lipinski definition) is 1. The van der Waals surface area contributed by atoms with Crippen LogP contribution in [0.25, 0.3) is 10.1 Å². The number of thiophene rings is 1. The van der Waals surface area contributed by atoms with Crippen LogP contribution in [0, 0.1) is 0 Å². The Bertz CT molecular complexity index is 321. The van der Waals surface area contributed by atoms with E-state index in [9.17, 15) is 0 Å². The first kappa shape index (κ1) is 8.43. The predicted octanol–water partition coefficient (Wildman–Crippen LogP) is 2.72. The standard InChI is InChI=1S/C8H6OS.H2S/c9-8-5-6-3-1-2-4-7(6)10-8;/h1-5,9H;1H2. The third-order valence-electron chi connectivity index (χ3n) is 1.41. The van der Waals surface area contributed by atoms with Crippen LogP contribution in [-0.4, -0.2) is 5.11 Å². The summed E-state index contributed by atoms with van der Waals surface area (Å²) in [5.74, 6) is 0. The molecule has 1 heterocycles. The fourth-order valence-corrected chi connectivity index (χ4v) is 1.77. The molecule has 0 unspecified atom stereocenters. The minimum Gasteiger partial charge on any atom is -0.499 e. The van der Waals surface area contributed by atoms with Gasteiger partial charge in [-0.15, -0.1) is 0 Å². The van der Waals surface area contributed by atoms with Gasteiger partial charge in [-0.3, -0.25) is 0 Å². The van der Waals surface area contributed by atoms with Gasteiger partial charge in [-0.2, -0.15) is 13.5 Å². The molecule has 0 bridgehead atoms. The summed E-state index contributed by atoms with van der Waals surface area (Å²) in [6.45, 7) is 0. The molecule has 1 nitrogen and oxygen atoms in total. The Morgan fingerprint density at radius 2 is 1.91 bits per heavy atom. The summed E-state index contributed by atoms with van der Waals surface area (Å²) in [7, 11) is 0. The molecule has 0 fully saturated rings. The van der Waals surface area contributed by atoms with E-state index in [2.05, 4.69) is 0 Å². The van der Waals surface area contributed by atoms with Gasteiger partial charge in [-0.25, -0.2) is 0 Å². The molecular formula is C8H8OS2. The maximum Gasteiger partial charge on any atom is 0.172 e. The fraction of sp³-hybridized carbons (Fsp3) is 0. The van der Waals surface area contributed by atoms with E-state index in [1.165, 1.54) is 11.3 Å². The van der Waals surface area contributed by atoms with Crippen molar-refractivity contribution >= 4 is 34.9 Å². The molecular weight excluding hydrogens is 176 g/mol. The van der Waals surface area contributed by atoms with E-state index >= 15 is 0 Å². The molecule has 0 aliphatic carbocycles. The largest absolute Gasteiger partial charge is 0.499 e. The van der Waals surface area contributed by atoms with Gasteiger partial charge in [0.2, 0.25) is 0 Å². The zero-order chi connectivity index (χ0) is 6.97. The van der Waals surface area contributed by atoms with Crippen molar-refractivity contribution in [2.45, 2.75) is 0 Å². The first-order valence-corrected chi connectivity index (χ1v) is 3.85. The monoisotopic (exact) mass is 184 g/mol. The topological polar surface area (TPSA) is 20.2 Å². The Morgan fingerprint density at radius 3 is 2.64 bits per heavy atom. The first-order valence-electron chi connectivity index (χ1n) is 3.04. The molecule has 1 N–H and O–H groups in total. The van der Waals surface area contributed by atoms with Gasteiger partial charge in [0.25, 0.3) is 0 Å².